The Morgan fingerprint density at radius 3 is 1.27 bits per heavy atom. The van der Waals surface area contributed by atoms with Crippen LogP contribution < -0.4 is 0 Å². The molecule has 0 rings (SSSR count). The van der Waals surface area contributed by atoms with Crippen molar-refractivity contribution in [3.05, 3.63) is 0 Å². The van der Waals surface area contributed by atoms with E-state index >= 15 is 0 Å². The van der Waals surface area contributed by atoms with E-state index in [4.69, 9.17) is 16.8 Å². The molecule has 4 nitrogen and oxygen atoms in total. The minimum absolute atomic E-state index is 0.460. The summed E-state index contributed by atoms with van der Waals surface area (Å²) in [6, 6.07) is 1.96. The molecule has 0 saturated heterocycles. The van der Waals surface area contributed by atoms with Crippen molar-refractivity contribution in [2.45, 2.75) is 103 Å². The van der Waals surface area contributed by atoms with E-state index in [-0.39, 0.29) is 0 Å². The van der Waals surface area contributed by atoms with Crippen LogP contribution in [0.1, 0.15) is 13.3 Å². The molecule has 0 aliphatic rings. The zero-order valence-electron chi connectivity index (χ0n) is 19.8. The molecule has 0 aromatic rings. The lowest BCUT2D eigenvalue weighted by molar-refractivity contribution is 0.246. The Balaban J connectivity index is 5.63. The highest BCUT2D eigenvalue weighted by atomic mass is 28.5. The molecule has 0 aliphatic carbocycles. The van der Waals surface area contributed by atoms with Gasteiger partial charge in [-0.2, -0.15) is 0 Å². The van der Waals surface area contributed by atoms with Crippen LogP contribution in [0.3, 0.4) is 0 Å². The van der Waals surface area contributed by atoms with Gasteiger partial charge in [-0.05, 0) is 84.5 Å². The Labute approximate surface area is 172 Å². The first-order valence-corrected chi connectivity index (χ1v) is 26.5. The van der Waals surface area contributed by atoms with Gasteiger partial charge in [0.05, 0.1) is 0 Å². The fourth-order valence-corrected chi connectivity index (χ4v) is 23.7. The summed E-state index contributed by atoms with van der Waals surface area (Å²) in [6.45, 7) is 27.1. The van der Waals surface area contributed by atoms with E-state index < -0.39 is 42.1 Å². The van der Waals surface area contributed by atoms with Crippen LogP contribution in [-0.2, 0) is 16.8 Å². The molecule has 0 heterocycles. The third kappa shape index (κ3) is 13.3. The predicted octanol–water partition coefficient (Wildman–Crippen LogP) is 4.80. The van der Waals surface area contributed by atoms with Crippen LogP contribution >= 0.6 is 0 Å². The van der Waals surface area contributed by atoms with Crippen LogP contribution in [0.2, 0.25) is 84.1 Å². The average molecular weight is 471 g/mol. The van der Waals surface area contributed by atoms with Gasteiger partial charge in [0.1, 0.15) is 0 Å². The third-order valence-electron chi connectivity index (χ3n) is 3.51. The van der Waals surface area contributed by atoms with Crippen LogP contribution in [0.4, 0.5) is 0 Å². The molecule has 0 N–H and O–H groups in total. The molecule has 0 aromatic heterocycles. The van der Waals surface area contributed by atoms with Gasteiger partial charge in [-0.1, -0.05) is 6.92 Å². The SMILES string of the molecule is CCC([SiH3])O[Si](C)(C)CC[Si](O[Si](C)(C)C)(O[Si](C)(C)C)O[Si](C)(C)C. The Morgan fingerprint density at radius 1 is 0.654 bits per heavy atom. The quantitative estimate of drug-likeness (QED) is 0.384. The smallest absolute Gasteiger partial charge is 0.419 e. The second kappa shape index (κ2) is 9.76. The van der Waals surface area contributed by atoms with E-state index in [1.807, 2.05) is 0 Å². The Kier molecular flexibility index (Phi) is 10.2. The number of hydrogen-bond acceptors (Lipinski definition) is 4. The Hall–Kier alpha value is 1.14. The van der Waals surface area contributed by atoms with Gasteiger partial charge in [0.2, 0.25) is 0 Å². The van der Waals surface area contributed by atoms with Crippen molar-refractivity contribution in [3.8, 4) is 0 Å². The fraction of sp³-hybridized carbons (Fsp3) is 1.00. The van der Waals surface area contributed by atoms with Crippen molar-refractivity contribution in [1.82, 2.24) is 0 Å². The number of rotatable bonds is 12. The molecule has 10 heteroatoms. The molecular formula is C16H46O4Si6. The predicted molar refractivity (Wildman–Crippen MR) is 131 cm³/mol. The second-order valence-corrected chi connectivity index (χ2v) is 33.5. The molecule has 0 amide bonds. The van der Waals surface area contributed by atoms with Gasteiger partial charge in [0, 0.05) is 22.0 Å². The van der Waals surface area contributed by atoms with Crippen molar-refractivity contribution in [2.24, 2.45) is 0 Å². The van der Waals surface area contributed by atoms with Crippen LogP contribution in [0.15, 0.2) is 0 Å². The molecular weight excluding hydrogens is 425 g/mol. The standard InChI is InChI=1S/C16H46O4Si6/c1-13-16(21)17-25(11,12)14-15-26(18-22(2,3)4,19-23(5,6)7)20-24(8,9)10/h16H,13-15H2,1-12,21H3. The number of hydrogen-bond donors (Lipinski definition) is 0. The lowest BCUT2D eigenvalue weighted by Gasteiger charge is -2.43. The van der Waals surface area contributed by atoms with Gasteiger partial charge in [-0.3, -0.25) is 0 Å². The Bertz CT molecular complexity index is 385. The van der Waals surface area contributed by atoms with Gasteiger partial charge < -0.3 is 16.8 Å². The monoisotopic (exact) mass is 470 g/mol. The summed E-state index contributed by atoms with van der Waals surface area (Å²) in [7, 11) is -8.74. The van der Waals surface area contributed by atoms with E-state index in [0.717, 1.165) is 28.8 Å². The topological polar surface area (TPSA) is 36.9 Å². The summed E-state index contributed by atoms with van der Waals surface area (Å²) in [5.41, 5.74) is 0.460. The maximum absolute atomic E-state index is 6.78. The Morgan fingerprint density at radius 2 is 1.00 bits per heavy atom. The van der Waals surface area contributed by atoms with Gasteiger partial charge in [0.25, 0.3) is 0 Å². The van der Waals surface area contributed by atoms with Crippen molar-refractivity contribution in [3.63, 3.8) is 0 Å². The van der Waals surface area contributed by atoms with E-state index in [2.05, 4.69) is 78.9 Å². The molecule has 1 atom stereocenters. The van der Waals surface area contributed by atoms with Crippen molar-refractivity contribution in [1.29, 1.82) is 0 Å². The summed E-state index contributed by atoms with van der Waals surface area (Å²) >= 11 is 0. The van der Waals surface area contributed by atoms with Crippen molar-refractivity contribution >= 4 is 52.3 Å². The summed E-state index contributed by atoms with van der Waals surface area (Å²) in [5.74, 6) is 0. The normalized spacial score (nSPS) is 16.2. The first-order chi connectivity index (χ1) is 11.3. The first-order valence-electron chi connectivity index (χ1n) is 10.1. The van der Waals surface area contributed by atoms with E-state index in [1.165, 1.54) is 0 Å². The van der Waals surface area contributed by atoms with Crippen molar-refractivity contribution < 1.29 is 16.8 Å². The molecule has 0 saturated carbocycles. The molecule has 1 unspecified atom stereocenters. The second-order valence-electron chi connectivity index (χ2n) is 10.9. The highest BCUT2D eigenvalue weighted by Gasteiger charge is 2.50. The molecule has 0 fully saturated rings. The summed E-state index contributed by atoms with van der Waals surface area (Å²) in [6.07, 6.45) is 1.12. The zero-order valence-corrected chi connectivity index (χ0v) is 26.8. The van der Waals surface area contributed by atoms with Crippen molar-refractivity contribution in [2.75, 3.05) is 0 Å². The molecule has 0 aromatic carbocycles. The summed E-state index contributed by atoms with van der Waals surface area (Å²) < 4.78 is 26.8. The first kappa shape index (κ1) is 27.1. The third-order valence-corrected chi connectivity index (χ3v) is 20.0. The molecule has 0 aliphatic heterocycles. The minimum Gasteiger partial charge on any atom is -0.419 e. The lowest BCUT2D eigenvalue weighted by atomic mass is 10.5. The van der Waals surface area contributed by atoms with E-state index in [1.54, 1.807) is 0 Å². The average Bonchev–Trinajstić information content (AvgIpc) is 2.29. The molecule has 0 bridgehead atoms. The molecule has 0 radical (unpaired) electrons. The fourth-order valence-electron chi connectivity index (χ4n) is 2.76. The molecule has 0 spiro atoms. The van der Waals surface area contributed by atoms with Crippen LogP contribution in [0.25, 0.3) is 0 Å². The van der Waals surface area contributed by atoms with E-state index in [9.17, 15) is 0 Å². The molecule has 26 heavy (non-hydrogen) atoms. The molecule has 158 valence electrons. The van der Waals surface area contributed by atoms with Crippen LogP contribution in [0.5, 0.6) is 0 Å². The van der Waals surface area contributed by atoms with Gasteiger partial charge >= 0.3 is 8.80 Å². The zero-order chi connectivity index (χ0) is 21.0. The summed E-state index contributed by atoms with van der Waals surface area (Å²) in [4.78, 5) is 0. The van der Waals surface area contributed by atoms with E-state index in [0.29, 0.717) is 5.73 Å². The van der Waals surface area contributed by atoms with Gasteiger partial charge in [0.15, 0.2) is 33.3 Å². The maximum Gasteiger partial charge on any atom is 0.469 e. The summed E-state index contributed by atoms with van der Waals surface area (Å²) in [5, 5.41) is 0. The maximum atomic E-state index is 6.78. The van der Waals surface area contributed by atoms with Gasteiger partial charge in [-0.25, -0.2) is 0 Å². The highest BCUT2D eigenvalue weighted by Crippen LogP contribution is 2.32. The minimum atomic E-state index is -2.72. The van der Waals surface area contributed by atoms with Gasteiger partial charge in [-0.15, -0.1) is 0 Å². The largest absolute Gasteiger partial charge is 0.469 e. The van der Waals surface area contributed by atoms with Crippen LogP contribution in [-0.4, -0.2) is 58.0 Å². The highest BCUT2D eigenvalue weighted by molar-refractivity contribution is 6.90. The van der Waals surface area contributed by atoms with Crippen LogP contribution in [0, 0.1) is 0 Å². The lowest BCUT2D eigenvalue weighted by Crippen LogP contribution is -2.61.